The van der Waals surface area contributed by atoms with E-state index >= 15 is 0 Å². The number of aryl methyl sites for hydroxylation is 2. The third kappa shape index (κ3) is 5.02. The molecule has 30 heavy (non-hydrogen) atoms. The number of pyridine rings is 1. The van der Waals surface area contributed by atoms with E-state index in [1.165, 1.54) is 12.8 Å². The fourth-order valence-electron chi connectivity index (χ4n) is 3.88. The Balaban J connectivity index is 1.21. The van der Waals surface area contributed by atoms with Crippen molar-refractivity contribution < 1.29 is 4.79 Å². The summed E-state index contributed by atoms with van der Waals surface area (Å²) in [4.78, 5) is 19.2. The number of nitrogens with zero attached hydrogens (tertiary/aromatic N) is 7. The number of likely N-dealkylation sites (tertiary alicyclic amines) is 1. The summed E-state index contributed by atoms with van der Waals surface area (Å²) in [5, 5.41) is 15.1. The summed E-state index contributed by atoms with van der Waals surface area (Å²) >= 11 is 0. The van der Waals surface area contributed by atoms with Crippen LogP contribution in [0.3, 0.4) is 0 Å². The van der Waals surface area contributed by atoms with Crippen LogP contribution >= 0.6 is 0 Å². The van der Waals surface area contributed by atoms with Gasteiger partial charge < -0.3 is 9.72 Å². The molecule has 1 aliphatic rings. The fourth-order valence-corrected chi connectivity index (χ4v) is 3.88. The van der Waals surface area contributed by atoms with Gasteiger partial charge >= 0.3 is 0 Å². The summed E-state index contributed by atoms with van der Waals surface area (Å²) in [6, 6.07) is 5.99. The van der Waals surface area contributed by atoms with Crippen LogP contribution in [0.25, 0.3) is 5.65 Å². The quantitative estimate of drug-likeness (QED) is 0.610. The van der Waals surface area contributed by atoms with Crippen LogP contribution in [-0.2, 0) is 24.4 Å². The Bertz CT molecular complexity index is 986. The van der Waals surface area contributed by atoms with Crippen LogP contribution in [-0.4, -0.2) is 53.5 Å². The number of hydrogen-bond acceptors (Lipinski definition) is 6. The summed E-state index contributed by atoms with van der Waals surface area (Å²) in [6.07, 6.45) is 5.57. The predicted molar refractivity (Wildman–Crippen MR) is 113 cm³/mol. The molecular formula is C21H30N8O. The number of fused-ring (bicyclic) bond motifs is 1. The van der Waals surface area contributed by atoms with E-state index in [0.29, 0.717) is 25.9 Å². The lowest BCUT2D eigenvalue weighted by molar-refractivity contribution is -0.121. The normalized spacial score (nSPS) is 15.7. The molecule has 0 aromatic carbocycles. The fraction of sp³-hybridized carbons (Fsp3) is 0.571. The lowest BCUT2D eigenvalue weighted by Gasteiger charge is -2.29. The standard InChI is InChI=1S/C21H30N8O/c1-16-8-11-27(12-9-16)15-20-24-25-26-29(20)10-4-7-21(30)22-13-18-14-28-17(2)5-3-6-19(28)23-18/h3,5-6,14,16H,4,7-13,15H2,1-2H3,(H,22,30). The van der Waals surface area contributed by atoms with Crippen LogP contribution in [0, 0.1) is 12.8 Å². The average molecular weight is 411 g/mol. The summed E-state index contributed by atoms with van der Waals surface area (Å²) in [5.41, 5.74) is 2.87. The second-order valence-corrected chi connectivity index (χ2v) is 8.28. The van der Waals surface area contributed by atoms with E-state index in [1.807, 2.05) is 40.4 Å². The Morgan fingerprint density at radius 3 is 2.90 bits per heavy atom. The first-order valence-corrected chi connectivity index (χ1v) is 10.8. The van der Waals surface area contributed by atoms with Crippen molar-refractivity contribution in [1.82, 2.24) is 39.8 Å². The van der Waals surface area contributed by atoms with E-state index < -0.39 is 0 Å². The molecule has 1 amide bonds. The molecule has 0 bridgehead atoms. The smallest absolute Gasteiger partial charge is 0.220 e. The monoisotopic (exact) mass is 410 g/mol. The van der Waals surface area contributed by atoms with Crippen LogP contribution in [0.2, 0.25) is 0 Å². The van der Waals surface area contributed by atoms with Gasteiger partial charge in [0.15, 0.2) is 5.82 Å². The van der Waals surface area contributed by atoms with Gasteiger partial charge in [-0.2, -0.15) is 0 Å². The van der Waals surface area contributed by atoms with Gasteiger partial charge in [0.2, 0.25) is 5.91 Å². The van der Waals surface area contributed by atoms with E-state index in [-0.39, 0.29) is 5.91 Å². The van der Waals surface area contributed by atoms with Crippen molar-refractivity contribution >= 4 is 11.6 Å². The Kier molecular flexibility index (Phi) is 6.37. The number of hydrogen-bond donors (Lipinski definition) is 1. The minimum atomic E-state index is 0.0171. The van der Waals surface area contributed by atoms with Gasteiger partial charge in [0.1, 0.15) is 5.65 Å². The largest absolute Gasteiger partial charge is 0.350 e. The molecule has 9 heteroatoms. The SMILES string of the molecule is Cc1cccc2nc(CNC(=O)CCCn3nnnc3CN3CCC(C)CC3)cn12. The van der Waals surface area contributed by atoms with Crippen molar-refractivity contribution in [3.05, 3.63) is 41.6 Å². The molecular weight excluding hydrogens is 380 g/mol. The maximum atomic E-state index is 12.2. The molecule has 4 rings (SSSR count). The molecule has 3 aromatic heterocycles. The molecule has 0 saturated carbocycles. The summed E-state index contributed by atoms with van der Waals surface area (Å²) < 4.78 is 3.86. The Hall–Kier alpha value is -2.81. The minimum absolute atomic E-state index is 0.0171. The zero-order valence-corrected chi connectivity index (χ0v) is 17.8. The highest BCUT2D eigenvalue weighted by atomic mass is 16.1. The van der Waals surface area contributed by atoms with E-state index in [2.05, 4.69) is 37.6 Å². The molecule has 9 nitrogen and oxygen atoms in total. The number of nitrogens with one attached hydrogen (secondary N) is 1. The van der Waals surface area contributed by atoms with Gasteiger partial charge in [-0.1, -0.05) is 13.0 Å². The maximum Gasteiger partial charge on any atom is 0.220 e. The van der Waals surface area contributed by atoms with Crippen LogP contribution in [0.5, 0.6) is 0 Å². The number of carbonyl (C=O) groups is 1. The van der Waals surface area contributed by atoms with E-state index in [1.54, 1.807) is 0 Å². The van der Waals surface area contributed by atoms with Gasteiger partial charge in [-0.05, 0) is 67.8 Å². The second-order valence-electron chi connectivity index (χ2n) is 8.28. The van der Waals surface area contributed by atoms with Gasteiger partial charge in [0.25, 0.3) is 0 Å². The highest BCUT2D eigenvalue weighted by molar-refractivity contribution is 5.75. The first-order valence-electron chi connectivity index (χ1n) is 10.8. The molecule has 0 radical (unpaired) electrons. The average Bonchev–Trinajstić information content (AvgIpc) is 3.36. The number of carbonyl (C=O) groups excluding carboxylic acids is 1. The molecule has 0 atom stereocenters. The summed E-state index contributed by atoms with van der Waals surface area (Å²) in [7, 11) is 0. The third-order valence-electron chi connectivity index (χ3n) is 5.83. The lowest BCUT2D eigenvalue weighted by atomic mass is 9.99. The molecule has 3 aromatic rings. The van der Waals surface area contributed by atoms with Crippen molar-refractivity contribution in [2.75, 3.05) is 13.1 Å². The number of amides is 1. The first-order chi connectivity index (χ1) is 14.6. The maximum absolute atomic E-state index is 12.2. The highest BCUT2D eigenvalue weighted by Gasteiger charge is 2.18. The van der Waals surface area contributed by atoms with Gasteiger partial charge in [0.05, 0.1) is 18.8 Å². The summed E-state index contributed by atoms with van der Waals surface area (Å²) in [5.74, 6) is 1.70. The molecule has 0 aliphatic carbocycles. The van der Waals surface area contributed by atoms with Crippen molar-refractivity contribution in [3.63, 3.8) is 0 Å². The van der Waals surface area contributed by atoms with E-state index in [0.717, 1.165) is 48.4 Å². The van der Waals surface area contributed by atoms with Crippen molar-refractivity contribution in [2.24, 2.45) is 5.92 Å². The zero-order valence-electron chi connectivity index (χ0n) is 17.8. The summed E-state index contributed by atoms with van der Waals surface area (Å²) in [6.45, 7) is 8.40. The van der Waals surface area contributed by atoms with Crippen molar-refractivity contribution in [3.8, 4) is 0 Å². The lowest BCUT2D eigenvalue weighted by Crippen LogP contribution is -2.33. The molecule has 0 spiro atoms. The van der Waals surface area contributed by atoms with Crippen LogP contribution in [0.4, 0.5) is 0 Å². The van der Waals surface area contributed by atoms with Crippen LogP contribution in [0.15, 0.2) is 24.4 Å². The first kappa shape index (κ1) is 20.5. The third-order valence-corrected chi connectivity index (χ3v) is 5.83. The molecule has 1 N–H and O–H groups in total. The van der Waals surface area contributed by atoms with Crippen molar-refractivity contribution in [2.45, 2.75) is 59.2 Å². The molecule has 160 valence electrons. The molecule has 1 fully saturated rings. The Morgan fingerprint density at radius 2 is 2.10 bits per heavy atom. The van der Waals surface area contributed by atoms with Gasteiger partial charge in [-0.3, -0.25) is 9.69 Å². The number of aromatic nitrogens is 6. The Labute approximate surface area is 176 Å². The number of tetrazole rings is 1. The van der Waals surface area contributed by atoms with Gasteiger partial charge in [-0.25, -0.2) is 9.67 Å². The second kappa shape index (κ2) is 9.34. The van der Waals surface area contributed by atoms with Crippen LogP contribution < -0.4 is 5.32 Å². The topological polar surface area (TPSA) is 93.2 Å². The highest BCUT2D eigenvalue weighted by Crippen LogP contribution is 2.17. The minimum Gasteiger partial charge on any atom is -0.350 e. The van der Waals surface area contributed by atoms with Gasteiger partial charge in [0, 0.05) is 24.9 Å². The molecule has 1 saturated heterocycles. The van der Waals surface area contributed by atoms with Crippen LogP contribution in [0.1, 0.15) is 49.8 Å². The molecule has 1 aliphatic heterocycles. The number of piperidine rings is 1. The van der Waals surface area contributed by atoms with Gasteiger partial charge in [-0.15, -0.1) is 5.10 Å². The zero-order chi connectivity index (χ0) is 20.9. The number of rotatable bonds is 8. The van der Waals surface area contributed by atoms with Crippen molar-refractivity contribution in [1.29, 1.82) is 0 Å². The Morgan fingerprint density at radius 1 is 1.27 bits per heavy atom. The predicted octanol–water partition coefficient (Wildman–Crippen LogP) is 1.96. The van der Waals surface area contributed by atoms with E-state index in [4.69, 9.17) is 0 Å². The molecule has 0 unspecified atom stereocenters. The number of imidazole rings is 1. The molecule has 4 heterocycles. The van der Waals surface area contributed by atoms with E-state index in [9.17, 15) is 4.79 Å².